The molecule has 2 fully saturated rings. The molecule has 0 radical (unpaired) electrons. The molecule has 1 saturated carbocycles. The van der Waals surface area contributed by atoms with E-state index in [4.69, 9.17) is 0 Å². The molecule has 1 aromatic heterocycles. The fourth-order valence-corrected chi connectivity index (χ4v) is 2.77. The number of aromatic nitrogens is 2. The Morgan fingerprint density at radius 3 is 3.00 bits per heavy atom. The zero-order chi connectivity index (χ0) is 14.7. The zero-order valence-corrected chi connectivity index (χ0v) is 12.2. The molecule has 21 heavy (non-hydrogen) atoms. The number of imidazole rings is 1. The highest BCUT2D eigenvalue weighted by Gasteiger charge is 2.36. The Morgan fingerprint density at radius 1 is 1.43 bits per heavy atom. The van der Waals surface area contributed by atoms with E-state index in [1.165, 1.54) is 12.8 Å². The number of nitrogens with one attached hydrogen (secondary N) is 1. The van der Waals surface area contributed by atoms with Crippen molar-refractivity contribution in [2.75, 3.05) is 19.6 Å². The number of likely N-dealkylation sites (tertiary alicyclic amines) is 1. The maximum Gasteiger partial charge on any atom is 0.225 e. The highest BCUT2D eigenvalue weighted by atomic mass is 16.2. The van der Waals surface area contributed by atoms with Crippen molar-refractivity contribution in [1.29, 1.82) is 0 Å². The highest BCUT2D eigenvalue weighted by molar-refractivity contribution is 5.89. The summed E-state index contributed by atoms with van der Waals surface area (Å²) in [5.41, 5.74) is 0. The number of amides is 2. The first-order valence-corrected chi connectivity index (χ1v) is 7.73. The fraction of sp³-hybridized carbons (Fsp3) is 0.667. The van der Waals surface area contributed by atoms with E-state index in [1.807, 2.05) is 15.7 Å². The van der Waals surface area contributed by atoms with Gasteiger partial charge in [0.05, 0.1) is 12.2 Å². The van der Waals surface area contributed by atoms with E-state index in [9.17, 15) is 9.59 Å². The summed E-state index contributed by atoms with van der Waals surface area (Å²) in [4.78, 5) is 29.8. The maximum absolute atomic E-state index is 12.1. The van der Waals surface area contributed by atoms with E-state index >= 15 is 0 Å². The zero-order valence-electron chi connectivity index (χ0n) is 12.2. The third-order valence-electron chi connectivity index (χ3n) is 4.21. The molecule has 1 aliphatic carbocycles. The molecule has 0 aromatic carbocycles. The molecule has 2 aliphatic rings. The average molecular weight is 290 g/mol. The van der Waals surface area contributed by atoms with Crippen LogP contribution in [0.2, 0.25) is 0 Å². The second-order valence-corrected chi connectivity index (χ2v) is 6.09. The topological polar surface area (TPSA) is 67.2 Å². The van der Waals surface area contributed by atoms with Gasteiger partial charge in [-0.1, -0.05) is 0 Å². The smallest absolute Gasteiger partial charge is 0.225 e. The van der Waals surface area contributed by atoms with Gasteiger partial charge in [-0.2, -0.15) is 0 Å². The van der Waals surface area contributed by atoms with Gasteiger partial charge in [-0.15, -0.1) is 0 Å². The summed E-state index contributed by atoms with van der Waals surface area (Å²) < 4.78 is 1.99. The molecule has 0 spiro atoms. The summed E-state index contributed by atoms with van der Waals surface area (Å²) in [5.74, 6) is 0.683. The van der Waals surface area contributed by atoms with E-state index in [-0.39, 0.29) is 17.7 Å². The van der Waals surface area contributed by atoms with Gasteiger partial charge < -0.3 is 14.8 Å². The van der Waals surface area contributed by atoms with Crippen LogP contribution in [0.25, 0.3) is 0 Å². The minimum atomic E-state index is -0.163. The van der Waals surface area contributed by atoms with Gasteiger partial charge in [-0.25, -0.2) is 4.98 Å². The van der Waals surface area contributed by atoms with Crippen LogP contribution in [0.4, 0.5) is 0 Å². The lowest BCUT2D eigenvalue weighted by atomic mass is 10.1. The van der Waals surface area contributed by atoms with E-state index in [1.54, 1.807) is 12.5 Å². The molecule has 1 aliphatic heterocycles. The lowest BCUT2D eigenvalue weighted by Gasteiger charge is -2.16. The monoisotopic (exact) mass is 290 g/mol. The molecular formula is C15H22N4O2. The van der Waals surface area contributed by atoms with Crippen molar-refractivity contribution in [2.45, 2.75) is 32.2 Å². The van der Waals surface area contributed by atoms with Crippen molar-refractivity contribution >= 4 is 11.8 Å². The van der Waals surface area contributed by atoms with Crippen LogP contribution in [0.3, 0.4) is 0 Å². The van der Waals surface area contributed by atoms with Gasteiger partial charge in [0, 0.05) is 45.0 Å². The molecule has 1 aromatic rings. The normalized spacial score (nSPS) is 21.8. The van der Waals surface area contributed by atoms with Gasteiger partial charge >= 0.3 is 0 Å². The summed E-state index contributed by atoms with van der Waals surface area (Å²) in [7, 11) is 0. The molecule has 2 heterocycles. The Bertz CT molecular complexity index is 496. The SMILES string of the molecule is O=C(NCCCn1ccnc1)[C@@H]1CC(=O)N(CC2CC2)C1. The molecule has 0 unspecified atom stereocenters. The quantitative estimate of drug-likeness (QED) is 0.750. The third kappa shape index (κ3) is 3.83. The van der Waals surface area contributed by atoms with Crippen LogP contribution >= 0.6 is 0 Å². The molecule has 1 N–H and O–H groups in total. The standard InChI is InChI=1S/C15H22N4O2/c20-14-8-13(10-19(14)9-12-2-3-12)15(21)17-4-1-6-18-7-5-16-11-18/h5,7,11-13H,1-4,6,8-10H2,(H,17,21)/t13-/m1/s1. The van der Waals surface area contributed by atoms with Gasteiger partial charge in [-0.3, -0.25) is 9.59 Å². The van der Waals surface area contributed by atoms with Crippen LogP contribution in [0.5, 0.6) is 0 Å². The van der Waals surface area contributed by atoms with Crippen LogP contribution in [0.1, 0.15) is 25.7 Å². The van der Waals surface area contributed by atoms with Crippen LogP contribution in [-0.4, -0.2) is 45.9 Å². The van der Waals surface area contributed by atoms with E-state index in [2.05, 4.69) is 10.3 Å². The number of rotatable bonds is 7. The molecule has 6 nitrogen and oxygen atoms in total. The van der Waals surface area contributed by atoms with Crippen LogP contribution in [0.15, 0.2) is 18.7 Å². The average Bonchev–Trinajstić information content (AvgIpc) is 2.98. The minimum absolute atomic E-state index is 0.0206. The summed E-state index contributed by atoms with van der Waals surface area (Å²) in [6, 6.07) is 0. The molecule has 3 rings (SSSR count). The van der Waals surface area contributed by atoms with E-state index < -0.39 is 0 Å². The molecule has 1 atom stereocenters. The fourth-order valence-electron chi connectivity index (χ4n) is 2.77. The summed E-state index contributed by atoms with van der Waals surface area (Å²) >= 11 is 0. The van der Waals surface area contributed by atoms with Crippen molar-refractivity contribution in [2.24, 2.45) is 11.8 Å². The van der Waals surface area contributed by atoms with Crippen LogP contribution < -0.4 is 5.32 Å². The van der Waals surface area contributed by atoms with Gasteiger partial charge in [0.2, 0.25) is 11.8 Å². The lowest BCUT2D eigenvalue weighted by Crippen LogP contribution is -2.34. The first-order valence-electron chi connectivity index (χ1n) is 7.73. The number of aryl methyl sites for hydroxylation is 1. The second-order valence-electron chi connectivity index (χ2n) is 6.09. The van der Waals surface area contributed by atoms with Crippen LogP contribution in [-0.2, 0) is 16.1 Å². The first kappa shape index (κ1) is 14.1. The van der Waals surface area contributed by atoms with Crippen LogP contribution in [0, 0.1) is 11.8 Å². The minimum Gasteiger partial charge on any atom is -0.356 e. The molecule has 0 bridgehead atoms. The van der Waals surface area contributed by atoms with Crippen molar-refractivity contribution < 1.29 is 9.59 Å². The Balaban J connectivity index is 1.36. The van der Waals surface area contributed by atoms with E-state index in [0.717, 1.165) is 19.5 Å². The molecule has 2 amide bonds. The van der Waals surface area contributed by atoms with E-state index in [0.29, 0.717) is 25.4 Å². The number of hydrogen-bond donors (Lipinski definition) is 1. The summed E-state index contributed by atoms with van der Waals surface area (Å²) in [6.45, 7) is 2.94. The number of hydrogen-bond acceptors (Lipinski definition) is 3. The first-order chi connectivity index (χ1) is 10.2. The largest absolute Gasteiger partial charge is 0.356 e. The predicted molar refractivity (Wildman–Crippen MR) is 77.3 cm³/mol. The highest BCUT2D eigenvalue weighted by Crippen LogP contribution is 2.31. The predicted octanol–water partition coefficient (Wildman–Crippen LogP) is 0.648. The Morgan fingerprint density at radius 2 is 2.29 bits per heavy atom. The number of carbonyl (C=O) groups excluding carboxylic acids is 2. The molecule has 114 valence electrons. The number of nitrogens with zero attached hydrogens (tertiary/aromatic N) is 3. The van der Waals surface area contributed by atoms with Gasteiger partial charge in [-0.05, 0) is 25.2 Å². The lowest BCUT2D eigenvalue weighted by molar-refractivity contribution is -0.129. The number of carbonyl (C=O) groups is 2. The second kappa shape index (κ2) is 6.28. The Labute approximate surface area is 124 Å². The van der Waals surface area contributed by atoms with Crippen molar-refractivity contribution in [1.82, 2.24) is 19.8 Å². The molecular weight excluding hydrogens is 268 g/mol. The van der Waals surface area contributed by atoms with Gasteiger partial charge in [0.15, 0.2) is 0 Å². The Kier molecular flexibility index (Phi) is 4.22. The van der Waals surface area contributed by atoms with Gasteiger partial charge in [0.25, 0.3) is 0 Å². The summed E-state index contributed by atoms with van der Waals surface area (Å²) in [6.07, 6.45) is 9.13. The molecule has 6 heteroatoms. The Hall–Kier alpha value is -1.85. The maximum atomic E-state index is 12.1. The van der Waals surface area contributed by atoms with Crippen molar-refractivity contribution in [3.8, 4) is 0 Å². The van der Waals surface area contributed by atoms with Crippen molar-refractivity contribution in [3.63, 3.8) is 0 Å². The van der Waals surface area contributed by atoms with Crippen molar-refractivity contribution in [3.05, 3.63) is 18.7 Å². The van der Waals surface area contributed by atoms with Gasteiger partial charge in [0.1, 0.15) is 0 Å². The molecule has 1 saturated heterocycles. The summed E-state index contributed by atoms with van der Waals surface area (Å²) in [5, 5.41) is 2.95. The third-order valence-corrected chi connectivity index (χ3v) is 4.21.